The fourth-order valence-electron chi connectivity index (χ4n) is 3.11. The zero-order valence-corrected chi connectivity index (χ0v) is 19.9. The maximum absolute atomic E-state index is 13.3. The number of benzene rings is 3. The molecule has 0 aliphatic carbocycles. The summed E-state index contributed by atoms with van der Waals surface area (Å²) < 4.78 is 51.8. The number of aliphatic hydroxyl groups is 1. The van der Waals surface area contributed by atoms with E-state index < -0.39 is 41.3 Å². The molecule has 0 aliphatic rings. The zero-order valence-electron chi connectivity index (χ0n) is 18.3. The number of carbonyl (C=O) groups is 1. The lowest BCUT2D eigenvalue weighted by Gasteiger charge is -2.14. The molecule has 0 aliphatic heterocycles. The quantitative estimate of drug-likeness (QED) is 0.460. The molecule has 4 N–H and O–H groups in total. The zero-order chi connectivity index (χ0) is 25.1. The lowest BCUT2D eigenvalue weighted by molar-refractivity contribution is 0.0981. The first kappa shape index (κ1) is 25.1. The molecule has 8 nitrogen and oxygen atoms in total. The highest BCUT2D eigenvalue weighted by molar-refractivity contribution is 7.92. The highest BCUT2D eigenvalue weighted by atomic mass is 32.2. The lowest BCUT2D eigenvalue weighted by Crippen LogP contribution is -2.33. The summed E-state index contributed by atoms with van der Waals surface area (Å²) in [5.74, 6) is 4.33. The number of carbonyl (C=O) groups excluding carboxylic acids is 1. The van der Waals surface area contributed by atoms with Gasteiger partial charge in [0.05, 0.1) is 5.56 Å². The van der Waals surface area contributed by atoms with Crippen LogP contribution < -0.4 is 9.86 Å². The van der Waals surface area contributed by atoms with Gasteiger partial charge < -0.3 is 5.11 Å². The Morgan fingerprint density at radius 3 is 2.06 bits per heavy atom. The average Bonchev–Trinajstić information content (AvgIpc) is 2.76. The van der Waals surface area contributed by atoms with Crippen LogP contribution in [0, 0.1) is 11.8 Å². The van der Waals surface area contributed by atoms with Crippen molar-refractivity contribution in [1.29, 1.82) is 0 Å². The molecule has 3 aromatic carbocycles. The lowest BCUT2D eigenvalue weighted by atomic mass is 9.94. The van der Waals surface area contributed by atoms with Gasteiger partial charge in [0.25, 0.3) is 15.9 Å². The Balaban J connectivity index is 2.17. The molecule has 0 unspecified atom stereocenters. The fraction of sp³-hybridized carbons (Fsp3) is 0.125. The van der Waals surface area contributed by atoms with Crippen molar-refractivity contribution in [2.24, 2.45) is 5.14 Å². The van der Waals surface area contributed by atoms with E-state index in [9.17, 15) is 26.7 Å². The summed E-state index contributed by atoms with van der Waals surface area (Å²) in [4.78, 5) is 12.0. The van der Waals surface area contributed by atoms with Crippen molar-refractivity contribution >= 4 is 26.0 Å². The van der Waals surface area contributed by atoms with Crippen molar-refractivity contribution in [3.05, 3.63) is 83.9 Å². The monoisotopic (exact) mass is 498 g/mol. The van der Waals surface area contributed by atoms with Crippen LogP contribution in [0.3, 0.4) is 0 Å². The van der Waals surface area contributed by atoms with Crippen LogP contribution in [0.25, 0.3) is 11.1 Å². The molecule has 3 rings (SSSR count). The van der Waals surface area contributed by atoms with Crippen molar-refractivity contribution in [1.82, 2.24) is 4.72 Å². The van der Waals surface area contributed by atoms with Crippen molar-refractivity contribution in [3.63, 3.8) is 0 Å². The highest BCUT2D eigenvalue weighted by Gasteiger charge is 2.28. The Morgan fingerprint density at radius 2 is 1.47 bits per heavy atom. The standard InChI is InChI=1S/C24H22N2O6S2/c1-24(2,28)16-15-18-11-8-12-19(17-9-4-3-5-10-17)22(18)23(27)26-34(31,32)21-14-7-6-13-20(21)33(25,29)30/h3-14,28H,1-2H3,(H,26,27)(H2,25,29,30). The first-order valence-electron chi connectivity index (χ1n) is 9.92. The van der Waals surface area contributed by atoms with Crippen molar-refractivity contribution in [2.45, 2.75) is 29.2 Å². The van der Waals surface area contributed by atoms with Gasteiger partial charge in [-0.05, 0) is 43.2 Å². The molecule has 10 heteroatoms. The van der Waals surface area contributed by atoms with E-state index >= 15 is 0 Å². The van der Waals surface area contributed by atoms with Gasteiger partial charge >= 0.3 is 0 Å². The number of nitrogens with two attached hydrogens (primary N) is 1. The molecular formula is C24H22N2O6S2. The predicted octanol–water partition coefficient (Wildman–Crippen LogP) is 2.24. The Kier molecular flexibility index (Phi) is 6.95. The van der Waals surface area contributed by atoms with Crippen molar-refractivity contribution < 1.29 is 26.7 Å². The molecule has 0 fully saturated rings. The summed E-state index contributed by atoms with van der Waals surface area (Å²) in [6.07, 6.45) is 0. The van der Waals surface area contributed by atoms with Crippen LogP contribution in [0.15, 0.2) is 82.6 Å². The molecule has 0 bridgehead atoms. The molecule has 0 aromatic heterocycles. The Labute approximate surface area is 198 Å². The molecule has 0 saturated heterocycles. The number of primary sulfonamides is 1. The van der Waals surface area contributed by atoms with Crippen LogP contribution in [-0.2, 0) is 20.0 Å². The highest BCUT2D eigenvalue weighted by Crippen LogP contribution is 2.27. The minimum Gasteiger partial charge on any atom is -0.378 e. The molecule has 0 radical (unpaired) electrons. The fourth-order valence-corrected chi connectivity index (χ4v) is 5.46. The number of hydrogen-bond donors (Lipinski definition) is 3. The average molecular weight is 499 g/mol. The molecule has 1 amide bonds. The minimum atomic E-state index is -4.64. The molecule has 0 atom stereocenters. The molecular weight excluding hydrogens is 476 g/mol. The second-order valence-electron chi connectivity index (χ2n) is 7.83. The summed E-state index contributed by atoms with van der Waals surface area (Å²) in [5, 5.41) is 15.2. The summed E-state index contributed by atoms with van der Waals surface area (Å²) >= 11 is 0. The number of amides is 1. The van der Waals surface area contributed by atoms with E-state index in [4.69, 9.17) is 5.14 Å². The Morgan fingerprint density at radius 1 is 0.882 bits per heavy atom. The first-order chi connectivity index (χ1) is 15.8. The van der Waals surface area contributed by atoms with E-state index in [1.54, 1.807) is 42.5 Å². The van der Waals surface area contributed by atoms with E-state index in [1.807, 2.05) is 4.72 Å². The van der Waals surface area contributed by atoms with Crippen molar-refractivity contribution in [2.75, 3.05) is 0 Å². The Hall–Kier alpha value is -3.49. The predicted molar refractivity (Wildman–Crippen MR) is 128 cm³/mol. The van der Waals surface area contributed by atoms with Crippen LogP contribution in [0.4, 0.5) is 0 Å². The topological polar surface area (TPSA) is 144 Å². The second-order valence-corrected chi connectivity index (χ2v) is 11.0. The van der Waals surface area contributed by atoms with Crippen molar-refractivity contribution in [3.8, 4) is 23.0 Å². The van der Waals surface area contributed by atoms with Gasteiger partial charge in [-0.25, -0.2) is 26.7 Å². The molecule has 3 aromatic rings. The summed E-state index contributed by atoms with van der Waals surface area (Å²) in [5.41, 5.74) is -0.215. The van der Waals surface area contributed by atoms with E-state index in [0.29, 0.717) is 11.1 Å². The third kappa shape index (κ3) is 5.89. The molecule has 34 heavy (non-hydrogen) atoms. The summed E-state index contributed by atoms with van der Waals surface area (Å²) in [6, 6.07) is 18.3. The SMILES string of the molecule is CC(C)(O)C#Cc1cccc(-c2ccccc2)c1C(=O)NS(=O)(=O)c1ccccc1S(N)(=O)=O. The van der Waals surface area contributed by atoms with Gasteiger partial charge in [0.1, 0.15) is 15.4 Å². The van der Waals surface area contributed by atoms with E-state index in [-0.39, 0.29) is 11.1 Å². The number of hydrogen-bond acceptors (Lipinski definition) is 6. The number of nitrogens with one attached hydrogen (secondary N) is 1. The van der Waals surface area contributed by atoms with Gasteiger partial charge in [0, 0.05) is 5.56 Å². The smallest absolute Gasteiger partial charge is 0.266 e. The molecule has 0 spiro atoms. The first-order valence-corrected chi connectivity index (χ1v) is 13.0. The van der Waals surface area contributed by atoms with Gasteiger partial charge in [-0.15, -0.1) is 0 Å². The second kappa shape index (κ2) is 9.40. The van der Waals surface area contributed by atoms with Gasteiger partial charge in [-0.3, -0.25) is 4.79 Å². The van der Waals surface area contributed by atoms with E-state index in [2.05, 4.69) is 11.8 Å². The summed E-state index contributed by atoms with van der Waals surface area (Å²) in [7, 11) is -9.02. The number of rotatable bonds is 5. The largest absolute Gasteiger partial charge is 0.378 e. The third-order valence-corrected chi connectivity index (χ3v) is 7.04. The molecule has 0 saturated carbocycles. The van der Waals surface area contributed by atoms with Gasteiger partial charge in [0.15, 0.2) is 0 Å². The maximum Gasteiger partial charge on any atom is 0.266 e. The van der Waals surface area contributed by atoms with Crippen LogP contribution in [-0.4, -0.2) is 33.5 Å². The maximum atomic E-state index is 13.3. The van der Waals surface area contributed by atoms with Gasteiger partial charge in [-0.1, -0.05) is 66.4 Å². The van der Waals surface area contributed by atoms with Crippen LogP contribution in [0.2, 0.25) is 0 Å². The molecule has 0 heterocycles. The van der Waals surface area contributed by atoms with Gasteiger partial charge in [0.2, 0.25) is 10.0 Å². The minimum absolute atomic E-state index is 0.0536. The normalized spacial score (nSPS) is 11.9. The van der Waals surface area contributed by atoms with Crippen LogP contribution in [0.5, 0.6) is 0 Å². The molecule has 176 valence electrons. The van der Waals surface area contributed by atoms with E-state index in [0.717, 1.165) is 12.1 Å². The van der Waals surface area contributed by atoms with Crippen LogP contribution in [0.1, 0.15) is 29.8 Å². The third-order valence-electron chi connectivity index (χ3n) is 4.55. The Bertz CT molecular complexity index is 1510. The number of sulfonamides is 2. The van der Waals surface area contributed by atoms with Gasteiger partial charge in [-0.2, -0.15) is 0 Å². The summed E-state index contributed by atoms with van der Waals surface area (Å²) in [6.45, 7) is 2.94. The van der Waals surface area contributed by atoms with E-state index in [1.165, 1.54) is 32.0 Å². The van der Waals surface area contributed by atoms with Crippen LogP contribution >= 0.6 is 0 Å².